The maximum Gasteiger partial charge on any atom is 0.0595 e. The normalized spacial score (nSPS) is 19.9. The van der Waals surface area contributed by atoms with E-state index in [1.165, 1.54) is 5.56 Å². The van der Waals surface area contributed by atoms with E-state index in [0.717, 1.165) is 31.0 Å². The van der Waals surface area contributed by atoms with Crippen LogP contribution in [0.1, 0.15) is 24.4 Å². The predicted octanol–water partition coefficient (Wildman–Crippen LogP) is 2.45. The third-order valence-electron chi connectivity index (χ3n) is 3.71. The first kappa shape index (κ1) is 13.8. The standard InChI is InChI=1S/C14H21ClN2O/c1-18-13-5-7-17(8-6-13)14(10-16)11-3-2-4-12(15)9-11/h2-4,9,13-14H,5-8,10,16H2,1H3. The molecule has 1 fully saturated rings. The zero-order chi connectivity index (χ0) is 13.0. The number of nitrogens with zero attached hydrogens (tertiary/aromatic N) is 1. The fourth-order valence-electron chi connectivity index (χ4n) is 2.63. The van der Waals surface area contributed by atoms with Crippen molar-refractivity contribution in [1.82, 2.24) is 4.90 Å². The Morgan fingerprint density at radius 2 is 2.17 bits per heavy atom. The third-order valence-corrected chi connectivity index (χ3v) is 3.94. The lowest BCUT2D eigenvalue weighted by Gasteiger charge is -2.36. The molecule has 18 heavy (non-hydrogen) atoms. The van der Waals surface area contributed by atoms with Crippen LogP contribution in [0.4, 0.5) is 0 Å². The minimum Gasteiger partial charge on any atom is -0.381 e. The highest BCUT2D eigenvalue weighted by Gasteiger charge is 2.25. The van der Waals surface area contributed by atoms with Gasteiger partial charge in [-0.05, 0) is 30.5 Å². The van der Waals surface area contributed by atoms with Gasteiger partial charge in [0.1, 0.15) is 0 Å². The number of nitrogens with two attached hydrogens (primary N) is 1. The average molecular weight is 269 g/mol. The molecule has 2 rings (SSSR count). The molecule has 3 nitrogen and oxygen atoms in total. The van der Waals surface area contributed by atoms with Crippen LogP contribution in [0.25, 0.3) is 0 Å². The van der Waals surface area contributed by atoms with Crippen LogP contribution in [0.3, 0.4) is 0 Å². The van der Waals surface area contributed by atoms with Crippen molar-refractivity contribution in [3.8, 4) is 0 Å². The molecule has 4 heteroatoms. The quantitative estimate of drug-likeness (QED) is 0.912. The zero-order valence-corrected chi connectivity index (χ0v) is 11.6. The second-order valence-electron chi connectivity index (χ2n) is 4.78. The van der Waals surface area contributed by atoms with Crippen LogP contribution in [0.15, 0.2) is 24.3 Å². The summed E-state index contributed by atoms with van der Waals surface area (Å²) in [5.41, 5.74) is 7.15. The van der Waals surface area contributed by atoms with Crippen molar-refractivity contribution in [3.63, 3.8) is 0 Å². The van der Waals surface area contributed by atoms with Gasteiger partial charge in [-0.3, -0.25) is 4.90 Å². The highest BCUT2D eigenvalue weighted by Crippen LogP contribution is 2.26. The highest BCUT2D eigenvalue weighted by atomic mass is 35.5. The Morgan fingerprint density at radius 3 is 2.72 bits per heavy atom. The third kappa shape index (κ3) is 3.23. The van der Waals surface area contributed by atoms with Crippen molar-refractivity contribution < 1.29 is 4.74 Å². The van der Waals surface area contributed by atoms with E-state index < -0.39 is 0 Å². The Kier molecular flexibility index (Phi) is 5.01. The van der Waals surface area contributed by atoms with Gasteiger partial charge in [-0.25, -0.2) is 0 Å². The summed E-state index contributed by atoms with van der Waals surface area (Å²) in [4.78, 5) is 2.43. The van der Waals surface area contributed by atoms with Gasteiger partial charge >= 0.3 is 0 Å². The first-order valence-corrected chi connectivity index (χ1v) is 6.84. The van der Waals surface area contributed by atoms with Crippen LogP contribution in [0.5, 0.6) is 0 Å². The first-order valence-electron chi connectivity index (χ1n) is 6.47. The predicted molar refractivity (Wildman–Crippen MR) is 74.9 cm³/mol. The maximum absolute atomic E-state index is 6.05. The Bertz CT molecular complexity index is 378. The van der Waals surface area contributed by atoms with Gasteiger partial charge in [0.05, 0.1) is 6.10 Å². The molecule has 0 aliphatic carbocycles. The molecule has 0 spiro atoms. The van der Waals surface area contributed by atoms with Crippen LogP contribution in [-0.4, -0.2) is 37.7 Å². The summed E-state index contributed by atoms with van der Waals surface area (Å²) < 4.78 is 5.40. The summed E-state index contributed by atoms with van der Waals surface area (Å²) >= 11 is 6.05. The van der Waals surface area contributed by atoms with E-state index >= 15 is 0 Å². The molecule has 0 saturated carbocycles. The molecule has 2 N–H and O–H groups in total. The van der Waals surface area contributed by atoms with Crippen molar-refractivity contribution in [2.75, 3.05) is 26.7 Å². The van der Waals surface area contributed by atoms with Crippen LogP contribution >= 0.6 is 11.6 Å². The molecular weight excluding hydrogens is 248 g/mol. The molecule has 1 heterocycles. The van der Waals surface area contributed by atoms with Gasteiger partial charge in [-0.2, -0.15) is 0 Å². The Morgan fingerprint density at radius 1 is 1.44 bits per heavy atom. The van der Waals surface area contributed by atoms with Gasteiger partial charge in [0.2, 0.25) is 0 Å². The molecule has 1 aliphatic rings. The van der Waals surface area contributed by atoms with Crippen molar-refractivity contribution in [1.29, 1.82) is 0 Å². The summed E-state index contributed by atoms with van der Waals surface area (Å²) in [7, 11) is 1.79. The van der Waals surface area contributed by atoms with Gasteiger partial charge in [0.15, 0.2) is 0 Å². The lowest BCUT2D eigenvalue weighted by molar-refractivity contribution is 0.0280. The van der Waals surface area contributed by atoms with E-state index in [1.807, 2.05) is 18.2 Å². The van der Waals surface area contributed by atoms with E-state index in [9.17, 15) is 0 Å². The molecule has 1 unspecified atom stereocenters. The average Bonchev–Trinajstić information content (AvgIpc) is 2.40. The number of benzene rings is 1. The number of ether oxygens (including phenoxy) is 1. The molecule has 0 amide bonds. The summed E-state index contributed by atoms with van der Waals surface area (Å²) in [6.45, 7) is 2.69. The van der Waals surface area contributed by atoms with Crippen LogP contribution in [0.2, 0.25) is 5.02 Å². The number of hydrogen-bond donors (Lipinski definition) is 1. The zero-order valence-electron chi connectivity index (χ0n) is 10.8. The molecule has 0 radical (unpaired) electrons. The van der Waals surface area contributed by atoms with Crippen molar-refractivity contribution in [3.05, 3.63) is 34.9 Å². The fraction of sp³-hybridized carbons (Fsp3) is 0.571. The SMILES string of the molecule is COC1CCN(C(CN)c2cccc(Cl)c2)CC1. The molecule has 1 aromatic rings. The van der Waals surface area contributed by atoms with Crippen molar-refractivity contribution in [2.45, 2.75) is 25.0 Å². The highest BCUT2D eigenvalue weighted by molar-refractivity contribution is 6.30. The van der Waals surface area contributed by atoms with Crippen molar-refractivity contribution >= 4 is 11.6 Å². The lowest BCUT2D eigenvalue weighted by Crippen LogP contribution is -2.41. The molecule has 1 aliphatic heterocycles. The second kappa shape index (κ2) is 6.53. The monoisotopic (exact) mass is 268 g/mol. The number of likely N-dealkylation sites (tertiary alicyclic amines) is 1. The van der Waals surface area contributed by atoms with Gasteiger partial charge in [-0.15, -0.1) is 0 Å². The number of methoxy groups -OCH3 is 1. The largest absolute Gasteiger partial charge is 0.381 e. The van der Waals surface area contributed by atoms with Crippen LogP contribution < -0.4 is 5.73 Å². The minimum absolute atomic E-state index is 0.265. The summed E-state index contributed by atoms with van der Waals surface area (Å²) in [5, 5.41) is 0.776. The number of rotatable bonds is 4. The molecule has 100 valence electrons. The number of halogens is 1. The van der Waals surface area contributed by atoms with Gasteiger partial charge in [0, 0.05) is 37.8 Å². The number of hydrogen-bond acceptors (Lipinski definition) is 3. The molecule has 1 saturated heterocycles. The van der Waals surface area contributed by atoms with E-state index in [1.54, 1.807) is 7.11 Å². The summed E-state index contributed by atoms with van der Waals surface area (Å²) in [6.07, 6.45) is 2.56. The van der Waals surface area contributed by atoms with Gasteiger partial charge in [-0.1, -0.05) is 23.7 Å². The van der Waals surface area contributed by atoms with Crippen LogP contribution in [-0.2, 0) is 4.74 Å². The topological polar surface area (TPSA) is 38.5 Å². The number of piperidine rings is 1. The van der Waals surface area contributed by atoms with Crippen molar-refractivity contribution in [2.24, 2.45) is 5.73 Å². The fourth-order valence-corrected chi connectivity index (χ4v) is 2.83. The molecule has 0 aromatic heterocycles. The van der Waals surface area contributed by atoms with E-state index in [2.05, 4.69) is 11.0 Å². The molecule has 0 bridgehead atoms. The van der Waals surface area contributed by atoms with E-state index in [-0.39, 0.29) is 6.04 Å². The second-order valence-corrected chi connectivity index (χ2v) is 5.21. The molecule has 1 atom stereocenters. The Balaban J connectivity index is 2.05. The van der Waals surface area contributed by atoms with Gasteiger partial charge < -0.3 is 10.5 Å². The minimum atomic E-state index is 0.265. The maximum atomic E-state index is 6.05. The smallest absolute Gasteiger partial charge is 0.0595 e. The van der Waals surface area contributed by atoms with Crippen LogP contribution in [0, 0.1) is 0 Å². The van der Waals surface area contributed by atoms with Gasteiger partial charge in [0.25, 0.3) is 0 Å². The summed E-state index contributed by atoms with van der Waals surface area (Å²) in [6, 6.07) is 8.27. The van der Waals surface area contributed by atoms with E-state index in [0.29, 0.717) is 12.6 Å². The Labute approximate surface area is 114 Å². The molecule has 1 aromatic carbocycles. The molecular formula is C14H21ClN2O. The first-order chi connectivity index (χ1) is 8.74. The Hall–Kier alpha value is -0.610. The lowest BCUT2D eigenvalue weighted by atomic mass is 10.0. The van der Waals surface area contributed by atoms with E-state index in [4.69, 9.17) is 22.1 Å². The summed E-state index contributed by atoms with van der Waals surface area (Å²) in [5.74, 6) is 0.